The summed E-state index contributed by atoms with van der Waals surface area (Å²) in [5.74, 6) is 0.901. The molecule has 0 saturated heterocycles. The average molecular weight is 286 g/mol. The lowest BCUT2D eigenvalue weighted by Crippen LogP contribution is -2.48. The Morgan fingerprint density at radius 3 is 2.48 bits per heavy atom. The van der Waals surface area contributed by atoms with E-state index in [1.54, 1.807) is 0 Å². The predicted molar refractivity (Wildman–Crippen MR) is 85.4 cm³/mol. The van der Waals surface area contributed by atoms with E-state index in [2.05, 4.69) is 44.3 Å². The standard InChI is InChI=1S/C18H26N2O/c1-17(2,3)14-7-9-15(10-8-14)21-16-6-5-11-18(12-16,13-19)20-4/h7-10,16,20H,5-6,11-12H2,1-4H3. The van der Waals surface area contributed by atoms with Gasteiger partial charge in [-0.3, -0.25) is 0 Å². The van der Waals surface area contributed by atoms with Crippen LogP contribution in [0.5, 0.6) is 5.75 Å². The van der Waals surface area contributed by atoms with E-state index in [1.165, 1.54) is 5.56 Å². The minimum absolute atomic E-state index is 0.117. The van der Waals surface area contributed by atoms with Crippen LogP contribution in [0.1, 0.15) is 52.0 Å². The summed E-state index contributed by atoms with van der Waals surface area (Å²) in [6.07, 6.45) is 3.82. The topological polar surface area (TPSA) is 45.0 Å². The van der Waals surface area contributed by atoms with Gasteiger partial charge in [-0.05, 0) is 49.4 Å². The minimum atomic E-state index is -0.422. The molecular weight excluding hydrogens is 260 g/mol. The van der Waals surface area contributed by atoms with Gasteiger partial charge in [-0.1, -0.05) is 32.9 Å². The van der Waals surface area contributed by atoms with Crippen molar-refractivity contribution < 1.29 is 4.74 Å². The molecule has 2 unspecified atom stereocenters. The Morgan fingerprint density at radius 1 is 1.29 bits per heavy atom. The molecule has 1 aromatic carbocycles. The summed E-state index contributed by atoms with van der Waals surface area (Å²) in [6.45, 7) is 6.62. The van der Waals surface area contributed by atoms with Gasteiger partial charge < -0.3 is 10.1 Å². The van der Waals surface area contributed by atoms with E-state index in [0.717, 1.165) is 31.4 Å². The van der Waals surface area contributed by atoms with Crippen LogP contribution in [0.4, 0.5) is 0 Å². The summed E-state index contributed by atoms with van der Waals surface area (Å²) < 4.78 is 6.09. The monoisotopic (exact) mass is 286 g/mol. The van der Waals surface area contributed by atoms with Crippen molar-refractivity contribution >= 4 is 0 Å². The Labute approximate surface area is 128 Å². The number of nitrogens with one attached hydrogen (secondary N) is 1. The van der Waals surface area contributed by atoms with Crippen molar-refractivity contribution in [2.45, 2.75) is 63.5 Å². The quantitative estimate of drug-likeness (QED) is 0.919. The highest BCUT2D eigenvalue weighted by Gasteiger charge is 2.36. The van der Waals surface area contributed by atoms with Crippen LogP contribution in [0.3, 0.4) is 0 Å². The molecule has 1 aliphatic carbocycles. The molecule has 0 spiro atoms. The van der Waals surface area contributed by atoms with Crippen LogP contribution < -0.4 is 10.1 Å². The van der Waals surface area contributed by atoms with Crippen molar-refractivity contribution in [3.05, 3.63) is 29.8 Å². The van der Waals surface area contributed by atoms with Gasteiger partial charge in [0, 0.05) is 6.42 Å². The summed E-state index contributed by atoms with van der Waals surface area (Å²) in [5, 5.41) is 12.6. The van der Waals surface area contributed by atoms with Gasteiger partial charge in [0.25, 0.3) is 0 Å². The molecule has 1 aliphatic rings. The fourth-order valence-corrected chi connectivity index (χ4v) is 2.94. The molecule has 1 fully saturated rings. The second kappa shape index (κ2) is 6.07. The van der Waals surface area contributed by atoms with E-state index in [1.807, 2.05) is 19.2 Å². The van der Waals surface area contributed by atoms with Gasteiger partial charge in [-0.2, -0.15) is 5.26 Å². The highest BCUT2D eigenvalue weighted by Crippen LogP contribution is 2.31. The number of nitriles is 1. The Bertz CT molecular complexity index is 510. The van der Waals surface area contributed by atoms with E-state index in [9.17, 15) is 5.26 Å². The van der Waals surface area contributed by atoms with E-state index in [4.69, 9.17) is 4.74 Å². The largest absolute Gasteiger partial charge is 0.490 e. The predicted octanol–water partition coefficient (Wildman–Crippen LogP) is 3.79. The molecule has 0 heterocycles. The molecule has 21 heavy (non-hydrogen) atoms. The maximum atomic E-state index is 9.38. The van der Waals surface area contributed by atoms with Crippen molar-refractivity contribution in [2.75, 3.05) is 7.05 Å². The lowest BCUT2D eigenvalue weighted by molar-refractivity contribution is 0.116. The zero-order valence-electron chi connectivity index (χ0n) is 13.6. The van der Waals surface area contributed by atoms with Crippen molar-refractivity contribution in [1.82, 2.24) is 5.32 Å². The zero-order chi connectivity index (χ0) is 15.5. The molecule has 0 aliphatic heterocycles. The SMILES string of the molecule is CNC1(C#N)CCCC(Oc2ccc(C(C)(C)C)cc2)C1. The molecule has 1 aromatic rings. The molecular formula is C18H26N2O. The van der Waals surface area contributed by atoms with Crippen LogP contribution in [0.25, 0.3) is 0 Å². The van der Waals surface area contributed by atoms with Gasteiger partial charge in [0.05, 0.1) is 6.07 Å². The molecule has 1 saturated carbocycles. The van der Waals surface area contributed by atoms with Crippen molar-refractivity contribution in [3.63, 3.8) is 0 Å². The molecule has 2 atom stereocenters. The van der Waals surface area contributed by atoms with E-state index in [0.29, 0.717) is 0 Å². The zero-order valence-corrected chi connectivity index (χ0v) is 13.6. The summed E-state index contributed by atoms with van der Waals surface area (Å²) >= 11 is 0. The van der Waals surface area contributed by atoms with E-state index < -0.39 is 5.54 Å². The Kier molecular flexibility index (Phi) is 4.58. The molecule has 2 rings (SSSR count). The van der Waals surface area contributed by atoms with Gasteiger partial charge in [-0.15, -0.1) is 0 Å². The molecule has 3 heteroatoms. The second-order valence-electron chi connectivity index (χ2n) is 7.05. The lowest BCUT2D eigenvalue weighted by atomic mass is 9.81. The highest BCUT2D eigenvalue weighted by atomic mass is 16.5. The van der Waals surface area contributed by atoms with Gasteiger partial charge in [-0.25, -0.2) is 0 Å². The number of ether oxygens (including phenoxy) is 1. The molecule has 0 radical (unpaired) electrons. The number of hydrogen-bond donors (Lipinski definition) is 1. The summed E-state index contributed by atoms with van der Waals surface area (Å²) in [4.78, 5) is 0. The summed E-state index contributed by atoms with van der Waals surface area (Å²) in [5.41, 5.74) is 1.04. The number of benzene rings is 1. The Morgan fingerprint density at radius 2 is 1.95 bits per heavy atom. The first-order valence-corrected chi connectivity index (χ1v) is 7.76. The minimum Gasteiger partial charge on any atom is -0.490 e. The number of hydrogen-bond acceptors (Lipinski definition) is 3. The molecule has 3 nitrogen and oxygen atoms in total. The molecule has 0 aromatic heterocycles. The number of nitrogens with zero attached hydrogens (tertiary/aromatic N) is 1. The van der Waals surface area contributed by atoms with Crippen LogP contribution in [0.15, 0.2) is 24.3 Å². The maximum absolute atomic E-state index is 9.38. The van der Waals surface area contributed by atoms with Crippen LogP contribution in [-0.4, -0.2) is 18.7 Å². The van der Waals surface area contributed by atoms with Gasteiger partial charge >= 0.3 is 0 Å². The van der Waals surface area contributed by atoms with Crippen molar-refractivity contribution in [2.24, 2.45) is 0 Å². The first-order valence-electron chi connectivity index (χ1n) is 7.76. The van der Waals surface area contributed by atoms with Gasteiger partial charge in [0.15, 0.2) is 0 Å². The number of rotatable bonds is 3. The fraction of sp³-hybridized carbons (Fsp3) is 0.611. The van der Waals surface area contributed by atoms with Crippen molar-refractivity contribution in [3.8, 4) is 11.8 Å². The summed E-state index contributed by atoms with van der Waals surface area (Å²) in [7, 11) is 1.86. The van der Waals surface area contributed by atoms with Crippen LogP contribution in [0, 0.1) is 11.3 Å². The average Bonchev–Trinajstić information content (AvgIpc) is 2.47. The van der Waals surface area contributed by atoms with E-state index in [-0.39, 0.29) is 11.5 Å². The Balaban J connectivity index is 2.03. The molecule has 1 N–H and O–H groups in total. The lowest BCUT2D eigenvalue weighted by Gasteiger charge is -2.35. The highest BCUT2D eigenvalue weighted by molar-refractivity contribution is 5.31. The molecule has 114 valence electrons. The van der Waals surface area contributed by atoms with Crippen LogP contribution in [-0.2, 0) is 5.41 Å². The van der Waals surface area contributed by atoms with Gasteiger partial charge in [0.1, 0.15) is 17.4 Å². The summed E-state index contributed by atoms with van der Waals surface area (Å²) in [6, 6.07) is 10.8. The second-order valence-corrected chi connectivity index (χ2v) is 7.05. The van der Waals surface area contributed by atoms with Crippen LogP contribution in [0.2, 0.25) is 0 Å². The first-order chi connectivity index (χ1) is 9.88. The van der Waals surface area contributed by atoms with Gasteiger partial charge in [0.2, 0.25) is 0 Å². The fourth-order valence-electron chi connectivity index (χ4n) is 2.94. The third-order valence-corrected chi connectivity index (χ3v) is 4.42. The maximum Gasteiger partial charge on any atom is 0.119 e. The molecule has 0 bridgehead atoms. The molecule has 0 amide bonds. The first kappa shape index (κ1) is 15.9. The Hall–Kier alpha value is -1.53. The normalized spacial score (nSPS) is 26.1. The third kappa shape index (κ3) is 3.77. The van der Waals surface area contributed by atoms with Crippen molar-refractivity contribution in [1.29, 1.82) is 5.26 Å². The smallest absolute Gasteiger partial charge is 0.119 e. The van der Waals surface area contributed by atoms with E-state index >= 15 is 0 Å². The van der Waals surface area contributed by atoms with Crippen LogP contribution >= 0.6 is 0 Å². The third-order valence-electron chi connectivity index (χ3n) is 4.42.